The molecular formula is C9H11NO2. The molecule has 0 saturated carbocycles. The first-order valence-electron chi connectivity index (χ1n) is 3.76. The predicted molar refractivity (Wildman–Crippen MR) is 46.1 cm³/mol. The molecule has 3 heteroatoms. The van der Waals surface area contributed by atoms with Crippen LogP contribution in [0.5, 0.6) is 0 Å². The van der Waals surface area contributed by atoms with E-state index >= 15 is 0 Å². The lowest BCUT2D eigenvalue weighted by Crippen LogP contribution is -2.21. The lowest BCUT2D eigenvalue weighted by Gasteiger charge is -2.01. The predicted octanol–water partition coefficient (Wildman–Crippen LogP) is 0.746. The van der Waals surface area contributed by atoms with Crippen LogP contribution >= 0.6 is 0 Å². The summed E-state index contributed by atoms with van der Waals surface area (Å²) in [6.45, 7) is 3.48. The highest BCUT2D eigenvalue weighted by Crippen LogP contribution is 1.90. The van der Waals surface area contributed by atoms with Crippen LogP contribution in [0.2, 0.25) is 0 Å². The van der Waals surface area contributed by atoms with Gasteiger partial charge in [-0.2, -0.15) is 0 Å². The van der Waals surface area contributed by atoms with Crippen LogP contribution in [0.15, 0.2) is 23.1 Å². The molecule has 0 saturated heterocycles. The monoisotopic (exact) mass is 165 g/mol. The number of Topliss-reactive ketones (excluding diaryl/α,β-unsaturated/α-hetero) is 1. The molecule has 1 heterocycles. The summed E-state index contributed by atoms with van der Waals surface area (Å²) in [5.74, 6) is -0.0130. The highest BCUT2D eigenvalue weighted by Gasteiger charge is 1.97. The first-order chi connectivity index (χ1) is 5.59. The molecule has 64 valence electrons. The fraction of sp³-hybridized carbons (Fsp3) is 0.333. The molecule has 0 aromatic carbocycles. The van der Waals surface area contributed by atoms with Gasteiger partial charge >= 0.3 is 0 Å². The maximum Gasteiger partial charge on any atom is 0.251 e. The first-order valence-corrected chi connectivity index (χ1v) is 3.76. The van der Waals surface area contributed by atoms with Crippen molar-refractivity contribution in [3.63, 3.8) is 0 Å². The van der Waals surface area contributed by atoms with Gasteiger partial charge in [-0.25, -0.2) is 0 Å². The summed E-state index contributed by atoms with van der Waals surface area (Å²) in [6.07, 6.45) is 1.64. The Labute approximate surface area is 70.6 Å². The van der Waals surface area contributed by atoms with Crippen molar-refractivity contribution in [2.24, 2.45) is 0 Å². The Bertz CT molecular complexity index is 352. The number of ketones is 1. The number of pyridine rings is 1. The van der Waals surface area contributed by atoms with Crippen molar-refractivity contribution in [1.29, 1.82) is 0 Å². The van der Waals surface area contributed by atoms with E-state index in [2.05, 4.69) is 0 Å². The number of aryl methyl sites for hydroxylation is 1. The standard InChI is InChI=1S/C9H11NO2/c1-7-3-4-10(6-8(2)11)9(12)5-7/h3-5H,6H2,1-2H3. The second kappa shape index (κ2) is 3.34. The van der Waals surface area contributed by atoms with Crippen molar-refractivity contribution in [1.82, 2.24) is 4.57 Å². The van der Waals surface area contributed by atoms with Crippen molar-refractivity contribution < 1.29 is 4.79 Å². The maximum atomic E-state index is 11.2. The molecule has 0 aliphatic carbocycles. The summed E-state index contributed by atoms with van der Waals surface area (Å²) in [6, 6.07) is 3.33. The summed E-state index contributed by atoms with van der Waals surface area (Å²) in [5.41, 5.74) is 0.796. The van der Waals surface area contributed by atoms with Crippen LogP contribution in [0.3, 0.4) is 0 Å². The molecule has 0 unspecified atom stereocenters. The Morgan fingerprint density at radius 2 is 2.25 bits per heavy atom. The fourth-order valence-electron chi connectivity index (χ4n) is 0.977. The highest BCUT2D eigenvalue weighted by molar-refractivity contribution is 5.75. The van der Waals surface area contributed by atoms with E-state index in [-0.39, 0.29) is 17.9 Å². The van der Waals surface area contributed by atoms with E-state index in [1.807, 2.05) is 13.0 Å². The van der Waals surface area contributed by atoms with Crippen LogP contribution in [0.25, 0.3) is 0 Å². The van der Waals surface area contributed by atoms with Gasteiger partial charge in [0.2, 0.25) is 0 Å². The van der Waals surface area contributed by atoms with Gasteiger partial charge in [0.25, 0.3) is 5.56 Å². The van der Waals surface area contributed by atoms with Crippen LogP contribution in [-0.2, 0) is 11.3 Å². The Kier molecular flexibility index (Phi) is 2.43. The van der Waals surface area contributed by atoms with Crippen LogP contribution in [0.1, 0.15) is 12.5 Å². The Morgan fingerprint density at radius 1 is 1.58 bits per heavy atom. The number of nitrogens with zero attached hydrogens (tertiary/aromatic N) is 1. The van der Waals surface area contributed by atoms with Gasteiger partial charge in [-0.05, 0) is 25.5 Å². The molecule has 1 aromatic rings. The Balaban J connectivity index is 3.02. The summed E-state index contributed by atoms with van der Waals surface area (Å²) in [5, 5.41) is 0. The van der Waals surface area contributed by atoms with Crippen LogP contribution in [0.4, 0.5) is 0 Å². The maximum absolute atomic E-state index is 11.2. The molecule has 0 spiro atoms. The number of aromatic nitrogens is 1. The first kappa shape index (κ1) is 8.71. The zero-order valence-corrected chi connectivity index (χ0v) is 7.20. The molecular weight excluding hydrogens is 154 g/mol. The fourth-order valence-corrected chi connectivity index (χ4v) is 0.977. The number of carbonyl (C=O) groups excluding carboxylic acids is 1. The minimum absolute atomic E-state index is 0.0130. The van der Waals surface area contributed by atoms with E-state index < -0.39 is 0 Å². The van der Waals surface area contributed by atoms with Gasteiger partial charge in [0.1, 0.15) is 5.78 Å². The van der Waals surface area contributed by atoms with Crippen LogP contribution in [0, 0.1) is 6.92 Å². The third-order valence-corrected chi connectivity index (χ3v) is 1.54. The molecule has 1 aromatic heterocycles. The third-order valence-electron chi connectivity index (χ3n) is 1.54. The normalized spacial score (nSPS) is 9.83. The molecule has 0 aliphatic heterocycles. The summed E-state index contributed by atoms with van der Waals surface area (Å²) in [4.78, 5) is 21.9. The highest BCUT2D eigenvalue weighted by atomic mass is 16.1. The average Bonchev–Trinajstić information content (AvgIpc) is 1.94. The van der Waals surface area contributed by atoms with Gasteiger partial charge in [0.15, 0.2) is 0 Å². The van der Waals surface area contributed by atoms with E-state index in [4.69, 9.17) is 0 Å². The van der Waals surface area contributed by atoms with Gasteiger partial charge in [-0.1, -0.05) is 0 Å². The smallest absolute Gasteiger partial charge is 0.251 e. The lowest BCUT2D eigenvalue weighted by molar-refractivity contribution is -0.117. The van der Waals surface area contributed by atoms with Crippen molar-refractivity contribution >= 4 is 5.78 Å². The number of rotatable bonds is 2. The van der Waals surface area contributed by atoms with Gasteiger partial charge in [0, 0.05) is 12.3 Å². The molecule has 12 heavy (non-hydrogen) atoms. The molecule has 1 rings (SSSR count). The number of hydrogen-bond acceptors (Lipinski definition) is 2. The zero-order chi connectivity index (χ0) is 9.14. The van der Waals surface area contributed by atoms with Crippen LogP contribution < -0.4 is 5.56 Å². The van der Waals surface area contributed by atoms with Crippen LogP contribution in [-0.4, -0.2) is 10.4 Å². The second-order valence-corrected chi connectivity index (χ2v) is 2.87. The average molecular weight is 165 g/mol. The molecule has 0 fully saturated rings. The topological polar surface area (TPSA) is 39.1 Å². The molecule has 0 N–H and O–H groups in total. The molecule has 0 atom stereocenters. The molecule has 3 nitrogen and oxygen atoms in total. The SMILES string of the molecule is CC(=O)Cn1ccc(C)cc1=O. The Morgan fingerprint density at radius 3 is 2.75 bits per heavy atom. The van der Waals surface area contributed by atoms with Crippen molar-refractivity contribution in [3.8, 4) is 0 Å². The Hall–Kier alpha value is -1.38. The number of carbonyl (C=O) groups is 1. The van der Waals surface area contributed by atoms with E-state index in [1.165, 1.54) is 17.6 Å². The van der Waals surface area contributed by atoms with E-state index in [1.54, 1.807) is 6.20 Å². The van der Waals surface area contributed by atoms with E-state index in [9.17, 15) is 9.59 Å². The van der Waals surface area contributed by atoms with E-state index in [0.717, 1.165) is 5.56 Å². The minimum Gasteiger partial charge on any atom is -0.308 e. The molecule has 0 bridgehead atoms. The van der Waals surface area contributed by atoms with Gasteiger partial charge < -0.3 is 4.57 Å². The molecule has 0 aliphatic rings. The number of hydrogen-bond donors (Lipinski definition) is 0. The molecule has 0 radical (unpaired) electrons. The van der Waals surface area contributed by atoms with Crippen molar-refractivity contribution in [2.75, 3.05) is 0 Å². The second-order valence-electron chi connectivity index (χ2n) is 2.87. The van der Waals surface area contributed by atoms with Gasteiger partial charge in [-0.3, -0.25) is 9.59 Å². The summed E-state index contributed by atoms with van der Waals surface area (Å²) in [7, 11) is 0. The lowest BCUT2D eigenvalue weighted by atomic mass is 10.3. The summed E-state index contributed by atoms with van der Waals surface area (Å²) < 4.78 is 1.40. The summed E-state index contributed by atoms with van der Waals surface area (Å²) >= 11 is 0. The third kappa shape index (κ3) is 2.05. The minimum atomic E-state index is -0.120. The largest absolute Gasteiger partial charge is 0.308 e. The van der Waals surface area contributed by atoms with Crippen molar-refractivity contribution in [3.05, 3.63) is 34.2 Å². The van der Waals surface area contributed by atoms with Gasteiger partial charge in [0.05, 0.1) is 6.54 Å². The van der Waals surface area contributed by atoms with E-state index in [0.29, 0.717) is 0 Å². The zero-order valence-electron chi connectivity index (χ0n) is 7.20. The molecule has 0 amide bonds. The quantitative estimate of drug-likeness (QED) is 0.648. The van der Waals surface area contributed by atoms with Gasteiger partial charge in [-0.15, -0.1) is 0 Å². The van der Waals surface area contributed by atoms with Crippen molar-refractivity contribution in [2.45, 2.75) is 20.4 Å².